The van der Waals surface area contributed by atoms with Crippen LogP contribution in [0.1, 0.15) is 43.2 Å². The predicted octanol–water partition coefficient (Wildman–Crippen LogP) is 16.9. The molecule has 1 aliphatic heterocycles. The van der Waals surface area contributed by atoms with Gasteiger partial charge in [0.2, 0.25) is 0 Å². The third-order valence-electron chi connectivity index (χ3n) is 19.7. The topological polar surface area (TPSA) is 21.3 Å². The maximum atomic E-state index is 6.78. The summed E-state index contributed by atoms with van der Waals surface area (Å²) in [5.74, 6) is 3.11. The van der Waals surface area contributed by atoms with Crippen LogP contribution >= 0.6 is 0 Å². The number of para-hydroxylation sites is 5. The highest BCUT2D eigenvalue weighted by atomic mass is 28.3. The Morgan fingerprint density at radius 1 is 0.362 bits per heavy atom. The first kappa shape index (κ1) is 46.0. The van der Waals surface area contributed by atoms with Crippen LogP contribution in [0.2, 0.25) is 0 Å². The Bertz CT molecular complexity index is 4400. The van der Waals surface area contributed by atoms with Gasteiger partial charge in [0.1, 0.15) is 11.2 Å². The van der Waals surface area contributed by atoms with Gasteiger partial charge < -0.3 is 13.9 Å². The smallest absolute Gasteiger partial charge is 0.179 e. The first-order chi connectivity index (χ1) is 39.6. The second-order valence-corrected chi connectivity index (χ2v) is 27.3. The molecule has 382 valence electrons. The van der Waals surface area contributed by atoms with Crippen molar-refractivity contribution in [1.82, 2.24) is 4.57 Å². The Labute approximate surface area is 468 Å². The van der Waals surface area contributed by atoms with Crippen molar-refractivity contribution < 1.29 is 4.42 Å². The fourth-order valence-corrected chi connectivity index (χ4v) is 21.6. The minimum atomic E-state index is -2.84. The summed E-state index contributed by atoms with van der Waals surface area (Å²) in [6.45, 7) is 0. The molecular formula is C76H58N2OSi. The summed E-state index contributed by atoms with van der Waals surface area (Å²) in [7, 11) is -2.84. The lowest BCUT2D eigenvalue weighted by Crippen LogP contribution is -2.74. The quantitative estimate of drug-likeness (QED) is 0.112. The summed E-state index contributed by atoms with van der Waals surface area (Å²) in [6.07, 6.45) is 6.85. The number of rotatable bonds is 8. The first-order valence-electron chi connectivity index (χ1n) is 29.0. The molecule has 11 aromatic carbocycles. The molecule has 18 rings (SSSR count). The summed E-state index contributed by atoms with van der Waals surface area (Å²) in [4.78, 5) is 2.60. The molecule has 5 aliphatic rings. The van der Waals surface area contributed by atoms with Crippen LogP contribution in [0.5, 0.6) is 0 Å². The maximum absolute atomic E-state index is 6.78. The van der Waals surface area contributed by atoms with Crippen LogP contribution in [-0.2, 0) is 5.41 Å². The lowest BCUT2D eigenvalue weighted by molar-refractivity contribution is -0.0419. The molecule has 4 heteroatoms. The van der Waals surface area contributed by atoms with Gasteiger partial charge in [0.25, 0.3) is 0 Å². The molecule has 80 heavy (non-hydrogen) atoms. The number of fused-ring (bicyclic) bond motifs is 8. The van der Waals surface area contributed by atoms with E-state index in [9.17, 15) is 0 Å². The van der Waals surface area contributed by atoms with Crippen LogP contribution in [0.4, 0.5) is 17.1 Å². The number of hydrogen-bond donors (Lipinski definition) is 0. The zero-order valence-electron chi connectivity index (χ0n) is 44.6. The largest absolute Gasteiger partial charge is 0.455 e. The van der Waals surface area contributed by atoms with Gasteiger partial charge in [0, 0.05) is 43.8 Å². The minimum Gasteiger partial charge on any atom is -0.455 e. The normalized spacial score (nSPS) is 18.8. The van der Waals surface area contributed by atoms with Gasteiger partial charge in [-0.2, -0.15) is 0 Å². The van der Waals surface area contributed by atoms with Crippen molar-refractivity contribution >= 4 is 89.6 Å². The minimum absolute atomic E-state index is 0.0374. The van der Waals surface area contributed by atoms with E-state index in [-0.39, 0.29) is 5.41 Å². The number of nitrogens with zero attached hydrogens (tertiary/aromatic N) is 2. The van der Waals surface area contributed by atoms with E-state index in [1.807, 2.05) is 0 Å². The van der Waals surface area contributed by atoms with E-state index in [0.29, 0.717) is 11.8 Å². The molecule has 3 nitrogen and oxygen atoms in total. The van der Waals surface area contributed by atoms with E-state index in [2.05, 4.69) is 276 Å². The molecule has 0 radical (unpaired) electrons. The molecule has 0 atom stereocenters. The molecule has 4 bridgehead atoms. The van der Waals surface area contributed by atoms with Crippen molar-refractivity contribution in [2.45, 2.75) is 37.5 Å². The fraction of sp³-hybridized carbons (Fsp3) is 0.132. The van der Waals surface area contributed by atoms with Gasteiger partial charge in [0.05, 0.1) is 28.1 Å². The molecule has 0 amide bonds. The summed E-state index contributed by atoms with van der Waals surface area (Å²) in [6, 6.07) is 101. The predicted molar refractivity (Wildman–Crippen MR) is 335 cm³/mol. The number of anilines is 3. The summed E-state index contributed by atoms with van der Waals surface area (Å²) in [5, 5.41) is 10.2. The Kier molecular flexibility index (Phi) is 10.2. The van der Waals surface area contributed by atoms with Gasteiger partial charge in [0.15, 0.2) is 8.07 Å². The molecule has 4 aliphatic carbocycles. The van der Waals surface area contributed by atoms with Crippen molar-refractivity contribution in [2.24, 2.45) is 23.7 Å². The summed E-state index contributed by atoms with van der Waals surface area (Å²) < 4.78 is 9.32. The zero-order chi connectivity index (χ0) is 52.5. The van der Waals surface area contributed by atoms with Crippen LogP contribution in [0.3, 0.4) is 0 Å². The van der Waals surface area contributed by atoms with E-state index in [4.69, 9.17) is 4.42 Å². The van der Waals surface area contributed by atoms with Crippen molar-refractivity contribution in [3.05, 3.63) is 278 Å². The summed E-state index contributed by atoms with van der Waals surface area (Å²) >= 11 is 0. The average molecular weight is 1040 g/mol. The molecule has 2 aromatic heterocycles. The molecule has 4 saturated carbocycles. The SMILES string of the molecule is c1ccc([Si](c2ccccc2)(c2ccccc2)c2ccc3c(c2)c2ccccc2n3-c2ccc(-c3cccc4c3oc3ccccc34)cc2-c2cccc(N3c4ccccc4C4(c5ccccc53)C3C[C@H]5C[C@@H](C3)C[C@@H]4C5)c2)cc1. The van der Waals surface area contributed by atoms with Gasteiger partial charge in [-0.05, 0) is 153 Å². The van der Waals surface area contributed by atoms with E-state index in [1.54, 1.807) is 0 Å². The monoisotopic (exact) mass is 1040 g/mol. The lowest BCUT2D eigenvalue weighted by Gasteiger charge is -2.64. The van der Waals surface area contributed by atoms with Crippen LogP contribution in [0.25, 0.3) is 71.7 Å². The van der Waals surface area contributed by atoms with E-state index < -0.39 is 8.07 Å². The van der Waals surface area contributed by atoms with Crippen molar-refractivity contribution in [3.63, 3.8) is 0 Å². The fourth-order valence-electron chi connectivity index (χ4n) is 16.8. The van der Waals surface area contributed by atoms with Crippen molar-refractivity contribution in [2.75, 3.05) is 4.90 Å². The number of benzene rings is 11. The highest BCUT2D eigenvalue weighted by Gasteiger charge is 2.61. The standard InChI is InChI=1S/C76H58N2OSi/c1-4-22-57(23-5-1)80(58-24-6-2-7-25-58,59-26-8-3-9-27-59)60-39-41-71-66(49-60)62-28-10-14-34-69(62)78(71)70-40-38-53(61-30-19-31-64-63-29-11-17-37-74(63)79-75(61)64)48-65(70)52-20-18-21-56(47-52)77-72-35-15-12-32-67(72)76(68-33-13-16-36-73(68)77)54-43-50-42-51(45-54)46-55(76)44-50/h1-41,47-51,54-55H,42-46H2/t50-,51+,54-,55?. The van der Waals surface area contributed by atoms with Gasteiger partial charge in [-0.1, -0.05) is 212 Å². The van der Waals surface area contributed by atoms with E-state index in [1.165, 1.54) is 103 Å². The van der Waals surface area contributed by atoms with Gasteiger partial charge in [-0.15, -0.1) is 0 Å². The van der Waals surface area contributed by atoms with Crippen LogP contribution < -0.4 is 25.6 Å². The van der Waals surface area contributed by atoms with Gasteiger partial charge >= 0.3 is 0 Å². The van der Waals surface area contributed by atoms with E-state index in [0.717, 1.165) is 61.7 Å². The highest BCUT2D eigenvalue weighted by Crippen LogP contribution is 2.69. The zero-order valence-corrected chi connectivity index (χ0v) is 45.6. The Morgan fingerprint density at radius 2 is 0.912 bits per heavy atom. The first-order valence-corrected chi connectivity index (χ1v) is 31.0. The Hall–Kier alpha value is -8.96. The van der Waals surface area contributed by atoms with Crippen LogP contribution in [-0.4, -0.2) is 12.6 Å². The maximum Gasteiger partial charge on any atom is 0.179 e. The third kappa shape index (κ3) is 6.54. The molecule has 0 saturated heterocycles. The Morgan fingerprint density at radius 3 is 1.59 bits per heavy atom. The third-order valence-corrected chi connectivity index (χ3v) is 24.5. The lowest BCUT2D eigenvalue weighted by atomic mass is 9.41. The number of aromatic nitrogens is 1. The molecule has 0 N–H and O–H groups in total. The summed E-state index contributed by atoms with van der Waals surface area (Å²) in [5.41, 5.74) is 16.7. The highest BCUT2D eigenvalue weighted by molar-refractivity contribution is 7.20. The molecule has 3 heterocycles. The van der Waals surface area contributed by atoms with Gasteiger partial charge in [-0.3, -0.25) is 0 Å². The van der Waals surface area contributed by atoms with Crippen molar-refractivity contribution in [3.8, 4) is 27.9 Å². The second kappa shape index (κ2) is 17.8. The molecule has 1 spiro atoms. The molecular weight excluding hydrogens is 985 g/mol. The Balaban J connectivity index is 0.894. The molecule has 4 fully saturated rings. The average Bonchev–Trinajstić information content (AvgIpc) is 2.72. The second-order valence-electron chi connectivity index (χ2n) is 23.5. The number of hydrogen-bond acceptors (Lipinski definition) is 2. The van der Waals surface area contributed by atoms with Crippen LogP contribution in [0.15, 0.2) is 271 Å². The van der Waals surface area contributed by atoms with Crippen molar-refractivity contribution in [1.29, 1.82) is 0 Å². The van der Waals surface area contributed by atoms with E-state index >= 15 is 0 Å². The van der Waals surface area contributed by atoms with Gasteiger partial charge in [-0.25, -0.2) is 0 Å². The van der Waals surface area contributed by atoms with Crippen LogP contribution in [0, 0.1) is 23.7 Å². The number of furan rings is 1. The molecule has 0 unspecified atom stereocenters. The molecule has 13 aromatic rings.